The first kappa shape index (κ1) is 63.4. The van der Waals surface area contributed by atoms with Crippen LogP contribution in [0.15, 0.2) is 0 Å². The molecule has 0 heterocycles. The number of unbranched alkanes of at least 4 members (excludes halogenated alkanes) is 41. The highest BCUT2D eigenvalue weighted by Gasteiger charge is 2.19. The number of carbonyl (C=O) groups excluding carboxylic acids is 3. The Labute approximate surface area is 406 Å². The first-order chi connectivity index (χ1) is 31.9. The predicted octanol–water partition coefficient (Wildman–Crippen LogP) is 19.4. The first-order valence-electron chi connectivity index (χ1n) is 29.4. The van der Waals surface area contributed by atoms with Crippen LogP contribution in [0.4, 0.5) is 0 Å². The van der Waals surface area contributed by atoms with E-state index in [1.54, 1.807) is 0 Å². The second-order valence-electron chi connectivity index (χ2n) is 20.8. The van der Waals surface area contributed by atoms with E-state index in [2.05, 4.69) is 27.7 Å². The van der Waals surface area contributed by atoms with Crippen molar-refractivity contribution >= 4 is 17.9 Å². The Morgan fingerprint density at radius 1 is 0.292 bits per heavy atom. The quantitative estimate of drug-likeness (QED) is 0.0344. The van der Waals surface area contributed by atoms with Gasteiger partial charge in [-0.05, 0) is 25.2 Å². The summed E-state index contributed by atoms with van der Waals surface area (Å²) >= 11 is 0. The summed E-state index contributed by atoms with van der Waals surface area (Å²) in [5.74, 6) is 0.0232. The van der Waals surface area contributed by atoms with Gasteiger partial charge in [0, 0.05) is 19.3 Å². The van der Waals surface area contributed by atoms with Crippen LogP contribution in [-0.2, 0) is 28.6 Å². The smallest absolute Gasteiger partial charge is 0.306 e. The fourth-order valence-corrected chi connectivity index (χ4v) is 9.10. The van der Waals surface area contributed by atoms with E-state index >= 15 is 0 Å². The minimum Gasteiger partial charge on any atom is -0.462 e. The molecule has 0 aromatic rings. The maximum atomic E-state index is 12.9. The molecule has 386 valence electrons. The topological polar surface area (TPSA) is 78.9 Å². The highest BCUT2D eigenvalue weighted by Crippen LogP contribution is 2.18. The fraction of sp³-hybridized carbons (Fsp3) is 0.949. The lowest BCUT2D eigenvalue weighted by Crippen LogP contribution is -2.30. The molecule has 0 spiro atoms. The van der Waals surface area contributed by atoms with Gasteiger partial charge in [-0.15, -0.1) is 0 Å². The van der Waals surface area contributed by atoms with Gasteiger partial charge in [0.2, 0.25) is 0 Å². The van der Waals surface area contributed by atoms with Crippen molar-refractivity contribution in [1.29, 1.82) is 0 Å². The number of rotatable bonds is 54. The lowest BCUT2D eigenvalue weighted by Gasteiger charge is -2.18. The fourth-order valence-electron chi connectivity index (χ4n) is 9.10. The largest absolute Gasteiger partial charge is 0.462 e. The van der Waals surface area contributed by atoms with Crippen molar-refractivity contribution in [3.8, 4) is 0 Å². The van der Waals surface area contributed by atoms with Gasteiger partial charge in [-0.25, -0.2) is 0 Å². The molecule has 0 unspecified atom stereocenters. The molecule has 0 radical (unpaired) electrons. The van der Waals surface area contributed by atoms with Crippen LogP contribution in [0.5, 0.6) is 0 Å². The minimum atomic E-state index is -0.761. The van der Waals surface area contributed by atoms with Crippen LogP contribution in [-0.4, -0.2) is 37.2 Å². The average Bonchev–Trinajstić information content (AvgIpc) is 3.29. The first-order valence-corrected chi connectivity index (χ1v) is 29.4. The van der Waals surface area contributed by atoms with E-state index in [0.29, 0.717) is 19.3 Å². The zero-order valence-corrected chi connectivity index (χ0v) is 44.5. The molecular weight excluding hydrogens is 805 g/mol. The zero-order chi connectivity index (χ0) is 47.4. The Morgan fingerprint density at radius 2 is 0.508 bits per heavy atom. The summed E-state index contributed by atoms with van der Waals surface area (Å²) in [6, 6.07) is 0. The summed E-state index contributed by atoms with van der Waals surface area (Å²) in [5.41, 5.74) is 0. The van der Waals surface area contributed by atoms with Gasteiger partial charge >= 0.3 is 17.9 Å². The van der Waals surface area contributed by atoms with Crippen molar-refractivity contribution in [2.45, 2.75) is 342 Å². The number of hydrogen-bond acceptors (Lipinski definition) is 6. The van der Waals surface area contributed by atoms with Crippen LogP contribution >= 0.6 is 0 Å². The Morgan fingerprint density at radius 3 is 0.754 bits per heavy atom. The third kappa shape index (κ3) is 53.2. The van der Waals surface area contributed by atoms with E-state index in [0.717, 1.165) is 63.7 Å². The highest BCUT2D eigenvalue weighted by atomic mass is 16.6. The lowest BCUT2D eigenvalue weighted by molar-refractivity contribution is -0.167. The molecule has 0 saturated carbocycles. The Balaban J connectivity index is 4.23. The van der Waals surface area contributed by atoms with Gasteiger partial charge in [0.25, 0.3) is 0 Å². The Kier molecular flexibility index (Phi) is 52.1. The molecule has 0 fully saturated rings. The molecule has 0 aliphatic carbocycles. The molecule has 0 amide bonds. The standard InChI is InChI=1S/C59H114O6/c1-5-7-9-11-13-15-17-18-23-27-31-35-39-43-47-51-58(61)64-54-56(53-63-57(60)50-46-42-38-34-29-16-14-12-10-8-6-2)65-59(62)52-48-44-40-36-32-28-25-22-20-19-21-24-26-30-33-37-41-45-49-55(3)4/h55-56H,5-54H2,1-4H3/t56-/m0/s1. The van der Waals surface area contributed by atoms with Gasteiger partial charge in [-0.3, -0.25) is 14.4 Å². The second kappa shape index (κ2) is 53.4. The van der Waals surface area contributed by atoms with Gasteiger partial charge in [0.05, 0.1) is 0 Å². The third-order valence-corrected chi connectivity index (χ3v) is 13.5. The van der Waals surface area contributed by atoms with Crippen LogP contribution < -0.4 is 0 Å². The monoisotopic (exact) mass is 919 g/mol. The van der Waals surface area contributed by atoms with Gasteiger partial charge in [0.15, 0.2) is 6.10 Å². The van der Waals surface area contributed by atoms with Crippen LogP contribution in [0.2, 0.25) is 0 Å². The van der Waals surface area contributed by atoms with E-state index in [4.69, 9.17) is 14.2 Å². The van der Waals surface area contributed by atoms with Crippen LogP contribution in [0.1, 0.15) is 336 Å². The molecule has 0 saturated heterocycles. The third-order valence-electron chi connectivity index (χ3n) is 13.5. The SMILES string of the molecule is CCCCCCCCCCCCCCCCCC(=O)OC[C@H](COC(=O)CCCCCCCCCCCCC)OC(=O)CCCCCCCCCCCCCCCCCCCCC(C)C. The van der Waals surface area contributed by atoms with Crippen molar-refractivity contribution < 1.29 is 28.6 Å². The molecule has 0 aromatic heterocycles. The molecule has 0 N–H and O–H groups in total. The molecule has 0 bridgehead atoms. The van der Waals surface area contributed by atoms with Crippen molar-refractivity contribution in [3.05, 3.63) is 0 Å². The lowest BCUT2D eigenvalue weighted by atomic mass is 10.0. The Bertz CT molecular complexity index is 980. The number of carbonyl (C=O) groups is 3. The van der Waals surface area contributed by atoms with Gasteiger partial charge in [-0.2, -0.15) is 0 Å². The van der Waals surface area contributed by atoms with Crippen molar-refractivity contribution in [2.24, 2.45) is 5.92 Å². The van der Waals surface area contributed by atoms with Gasteiger partial charge in [0.1, 0.15) is 13.2 Å². The second-order valence-corrected chi connectivity index (χ2v) is 20.8. The predicted molar refractivity (Wildman–Crippen MR) is 280 cm³/mol. The highest BCUT2D eigenvalue weighted by molar-refractivity contribution is 5.71. The average molecular weight is 920 g/mol. The van der Waals surface area contributed by atoms with Crippen molar-refractivity contribution in [3.63, 3.8) is 0 Å². The molecule has 65 heavy (non-hydrogen) atoms. The number of ether oxygens (including phenoxy) is 3. The van der Waals surface area contributed by atoms with Crippen molar-refractivity contribution in [1.82, 2.24) is 0 Å². The molecule has 6 nitrogen and oxygen atoms in total. The summed E-state index contributed by atoms with van der Waals surface area (Å²) in [5, 5.41) is 0. The van der Waals surface area contributed by atoms with Crippen LogP contribution in [0.25, 0.3) is 0 Å². The molecule has 0 aromatic carbocycles. The molecule has 0 aliphatic heterocycles. The summed E-state index contributed by atoms with van der Waals surface area (Å²) in [4.78, 5) is 38.1. The molecule has 1 atom stereocenters. The zero-order valence-electron chi connectivity index (χ0n) is 44.5. The van der Waals surface area contributed by atoms with Gasteiger partial charge in [-0.1, -0.05) is 297 Å². The summed E-state index contributed by atoms with van der Waals surface area (Å²) in [6.45, 7) is 9.07. The van der Waals surface area contributed by atoms with E-state index in [1.165, 1.54) is 231 Å². The summed E-state index contributed by atoms with van der Waals surface area (Å²) in [6.07, 6.45) is 58.1. The maximum Gasteiger partial charge on any atom is 0.306 e. The Hall–Kier alpha value is -1.59. The minimum absolute atomic E-state index is 0.0617. The van der Waals surface area contributed by atoms with E-state index in [1.807, 2.05) is 0 Å². The number of esters is 3. The summed E-state index contributed by atoms with van der Waals surface area (Å²) < 4.78 is 16.9. The molecule has 0 aliphatic rings. The van der Waals surface area contributed by atoms with Crippen molar-refractivity contribution in [2.75, 3.05) is 13.2 Å². The van der Waals surface area contributed by atoms with Crippen LogP contribution in [0.3, 0.4) is 0 Å². The van der Waals surface area contributed by atoms with E-state index in [-0.39, 0.29) is 31.1 Å². The normalized spacial score (nSPS) is 12.0. The van der Waals surface area contributed by atoms with E-state index < -0.39 is 6.10 Å². The molecule has 0 rings (SSSR count). The number of hydrogen-bond donors (Lipinski definition) is 0. The molecule has 6 heteroatoms. The molecular formula is C59H114O6. The van der Waals surface area contributed by atoms with Crippen LogP contribution in [0, 0.1) is 5.92 Å². The van der Waals surface area contributed by atoms with Gasteiger partial charge < -0.3 is 14.2 Å². The van der Waals surface area contributed by atoms with E-state index in [9.17, 15) is 14.4 Å². The maximum absolute atomic E-state index is 12.9. The summed E-state index contributed by atoms with van der Waals surface area (Å²) in [7, 11) is 0.